The summed E-state index contributed by atoms with van der Waals surface area (Å²) in [6.45, 7) is 4.66. The number of hydrogen-bond donors (Lipinski definition) is 1. The highest BCUT2D eigenvalue weighted by atomic mass is 19.1. The molecule has 1 fully saturated rings. The number of aromatic nitrogens is 2. The van der Waals surface area contributed by atoms with E-state index in [1.807, 2.05) is 6.92 Å². The van der Waals surface area contributed by atoms with E-state index in [0.717, 1.165) is 13.0 Å². The van der Waals surface area contributed by atoms with Crippen LogP contribution in [0.25, 0.3) is 11.1 Å². The molecule has 3 rings (SSSR count). The summed E-state index contributed by atoms with van der Waals surface area (Å²) >= 11 is 0. The Morgan fingerprint density at radius 1 is 1.19 bits per heavy atom. The van der Waals surface area contributed by atoms with Crippen LogP contribution in [0.2, 0.25) is 0 Å². The second-order valence-corrected chi connectivity index (χ2v) is 6.54. The molecule has 1 aliphatic heterocycles. The molecule has 1 aromatic heterocycles. The Balaban J connectivity index is 1.73. The van der Waals surface area contributed by atoms with Gasteiger partial charge in [0.2, 0.25) is 0 Å². The van der Waals surface area contributed by atoms with Crippen molar-refractivity contribution in [2.45, 2.75) is 19.4 Å². The van der Waals surface area contributed by atoms with Crippen LogP contribution in [0, 0.1) is 5.82 Å². The first-order chi connectivity index (χ1) is 12.6. The van der Waals surface area contributed by atoms with Gasteiger partial charge in [-0.2, -0.15) is 0 Å². The molecule has 7 heteroatoms. The summed E-state index contributed by atoms with van der Waals surface area (Å²) in [6.07, 6.45) is 5.43. The van der Waals surface area contributed by atoms with Crippen LogP contribution in [-0.4, -0.2) is 69.6 Å². The first-order valence-electron chi connectivity index (χ1n) is 8.79. The zero-order chi connectivity index (χ0) is 18.5. The molecule has 6 nitrogen and oxygen atoms in total. The van der Waals surface area contributed by atoms with Crippen molar-refractivity contribution in [3.63, 3.8) is 0 Å². The number of aliphatic hydroxyl groups is 1. The molecule has 1 saturated heterocycles. The fraction of sp³-hybridized carbons (Fsp3) is 0.421. The quantitative estimate of drug-likeness (QED) is 0.903. The smallest absolute Gasteiger partial charge is 0.256 e. The van der Waals surface area contributed by atoms with E-state index in [9.17, 15) is 14.3 Å². The lowest BCUT2D eigenvalue weighted by Gasteiger charge is -2.26. The second-order valence-electron chi connectivity index (χ2n) is 6.54. The molecule has 2 heterocycles. The molecule has 0 spiro atoms. The van der Waals surface area contributed by atoms with E-state index < -0.39 is 5.82 Å². The van der Waals surface area contributed by atoms with Crippen LogP contribution in [0.4, 0.5) is 4.39 Å². The Bertz CT molecular complexity index is 756. The van der Waals surface area contributed by atoms with Crippen LogP contribution in [0.3, 0.4) is 0 Å². The van der Waals surface area contributed by atoms with Gasteiger partial charge in [-0.3, -0.25) is 9.69 Å². The van der Waals surface area contributed by atoms with Crippen molar-refractivity contribution in [3.8, 4) is 11.1 Å². The fourth-order valence-electron chi connectivity index (χ4n) is 3.18. The average molecular weight is 358 g/mol. The largest absolute Gasteiger partial charge is 0.395 e. The number of nitrogens with zero attached hydrogens (tertiary/aromatic N) is 4. The molecule has 2 aromatic rings. The summed E-state index contributed by atoms with van der Waals surface area (Å²) in [5.41, 5.74) is 1.42. The minimum Gasteiger partial charge on any atom is -0.395 e. The van der Waals surface area contributed by atoms with Crippen molar-refractivity contribution >= 4 is 5.91 Å². The molecular weight excluding hydrogens is 335 g/mol. The molecule has 1 unspecified atom stereocenters. The number of benzene rings is 1. The lowest BCUT2D eigenvalue weighted by molar-refractivity contribution is 0.0749. The van der Waals surface area contributed by atoms with Gasteiger partial charge in [-0.1, -0.05) is 6.07 Å². The van der Waals surface area contributed by atoms with E-state index in [-0.39, 0.29) is 24.1 Å². The minimum absolute atomic E-state index is 0.0640. The van der Waals surface area contributed by atoms with E-state index in [1.54, 1.807) is 23.4 Å². The number of carbonyl (C=O) groups excluding carboxylic acids is 1. The highest BCUT2D eigenvalue weighted by molar-refractivity contribution is 5.95. The topological polar surface area (TPSA) is 69.6 Å². The fourth-order valence-corrected chi connectivity index (χ4v) is 3.18. The average Bonchev–Trinajstić information content (AvgIpc) is 2.94. The standard InChI is InChI=1S/C19H23FN4O2/c1-14(12-25)23-5-2-6-24(8-7-23)19(26)17-4-3-15(9-18(17)20)16-10-21-13-22-11-16/h3-4,9-11,13-14,25H,2,5-8,12H2,1H3. The van der Waals surface area contributed by atoms with Gasteiger partial charge in [0.1, 0.15) is 12.1 Å². The van der Waals surface area contributed by atoms with Crippen molar-refractivity contribution in [2.24, 2.45) is 0 Å². The van der Waals surface area contributed by atoms with Crippen molar-refractivity contribution in [1.82, 2.24) is 19.8 Å². The van der Waals surface area contributed by atoms with Crippen LogP contribution in [-0.2, 0) is 0 Å². The summed E-state index contributed by atoms with van der Waals surface area (Å²) in [7, 11) is 0. The monoisotopic (exact) mass is 358 g/mol. The van der Waals surface area contributed by atoms with E-state index >= 15 is 0 Å². The van der Waals surface area contributed by atoms with E-state index in [2.05, 4.69) is 14.9 Å². The molecule has 138 valence electrons. The molecule has 1 atom stereocenters. The van der Waals surface area contributed by atoms with Crippen LogP contribution < -0.4 is 0 Å². The number of carbonyl (C=O) groups is 1. The third-order valence-electron chi connectivity index (χ3n) is 4.80. The van der Waals surface area contributed by atoms with Crippen molar-refractivity contribution < 1.29 is 14.3 Å². The second kappa shape index (κ2) is 8.33. The number of aliphatic hydroxyl groups excluding tert-OH is 1. The molecule has 0 aliphatic carbocycles. The van der Waals surface area contributed by atoms with Crippen molar-refractivity contribution in [3.05, 3.63) is 48.3 Å². The van der Waals surface area contributed by atoms with Crippen LogP contribution in [0.1, 0.15) is 23.7 Å². The normalized spacial score (nSPS) is 17.0. The Labute approximate surface area is 152 Å². The summed E-state index contributed by atoms with van der Waals surface area (Å²) in [5, 5.41) is 9.31. The van der Waals surface area contributed by atoms with Crippen molar-refractivity contribution in [1.29, 1.82) is 0 Å². The zero-order valence-corrected chi connectivity index (χ0v) is 14.8. The predicted molar refractivity (Wildman–Crippen MR) is 96.1 cm³/mol. The molecule has 1 N–H and O–H groups in total. The predicted octanol–water partition coefficient (Wildman–Crippen LogP) is 1.81. The Morgan fingerprint density at radius 3 is 2.65 bits per heavy atom. The maximum Gasteiger partial charge on any atom is 0.256 e. The Kier molecular flexibility index (Phi) is 5.90. The van der Waals surface area contributed by atoms with Gasteiger partial charge in [0.25, 0.3) is 5.91 Å². The number of halogens is 1. The van der Waals surface area contributed by atoms with Crippen LogP contribution in [0.5, 0.6) is 0 Å². The van der Waals surface area contributed by atoms with Gasteiger partial charge in [0.15, 0.2) is 0 Å². The van der Waals surface area contributed by atoms with Gasteiger partial charge in [-0.25, -0.2) is 14.4 Å². The first kappa shape index (κ1) is 18.4. The van der Waals surface area contributed by atoms with E-state index in [0.29, 0.717) is 30.8 Å². The SMILES string of the molecule is CC(CO)N1CCCN(C(=O)c2ccc(-c3cncnc3)cc2F)CC1. The number of rotatable bonds is 4. The summed E-state index contributed by atoms with van der Waals surface area (Å²) < 4.78 is 14.6. The minimum atomic E-state index is -0.541. The molecular formula is C19H23FN4O2. The lowest BCUT2D eigenvalue weighted by atomic mass is 10.1. The maximum atomic E-state index is 14.6. The Hall–Kier alpha value is -2.38. The third-order valence-corrected chi connectivity index (χ3v) is 4.80. The van der Waals surface area contributed by atoms with Gasteiger partial charge in [-0.05, 0) is 31.0 Å². The maximum absolute atomic E-state index is 14.6. The van der Waals surface area contributed by atoms with Gasteiger partial charge in [0, 0.05) is 50.2 Å². The third kappa shape index (κ3) is 4.05. The molecule has 0 saturated carbocycles. The highest BCUT2D eigenvalue weighted by Gasteiger charge is 2.24. The van der Waals surface area contributed by atoms with Gasteiger partial charge in [-0.15, -0.1) is 0 Å². The van der Waals surface area contributed by atoms with Gasteiger partial charge in [0.05, 0.1) is 12.2 Å². The molecule has 26 heavy (non-hydrogen) atoms. The number of amides is 1. The summed E-state index contributed by atoms with van der Waals surface area (Å²) in [4.78, 5) is 24.5. The molecule has 0 radical (unpaired) electrons. The summed E-state index contributed by atoms with van der Waals surface area (Å²) in [5.74, 6) is -0.835. The number of hydrogen-bond acceptors (Lipinski definition) is 5. The lowest BCUT2D eigenvalue weighted by Crippen LogP contribution is -2.40. The Morgan fingerprint density at radius 2 is 1.96 bits per heavy atom. The van der Waals surface area contributed by atoms with Crippen LogP contribution in [0.15, 0.2) is 36.9 Å². The molecule has 1 amide bonds. The van der Waals surface area contributed by atoms with Gasteiger partial charge < -0.3 is 10.0 Å². The van der Waals surface area contributed by atoms with E-state index in [1.165, 1.54) is 18.5 Å². The molecule has 0 bridgehead atoms. The highest BCUT2D eigenvalue weighted by Crippen LogP contribution is 2.22. The zero-order valence-electron chi connectivity index (χ0n) is 14.8. The van der Waals surface area contributed by atoms with Gasteiger partial charge >= 0.3 is 0 Å². The first-order valence-corrected chi connectivity index (χ1v) is 8.79. The molecule has 1 aliphatic rings. The van der Waals surface area contributed by atoms with E-state index in [4.69, 9.17) is 0 Å². The molecule has 1 aromatic carbocycles. The van der Waals surface area contributed by atoms with Crippen molar-refractivity contribution in [2.75, 3.05) is 32.8 Å². The summed E-state index contributed by atoms with van der Waals surface area (Å²) in [6, 6.07) is 4.66. The van der Waals surface area contributed by atoms with Crippen LogP contribution >= 0.6 is 0 Å².